The lowest BCUT2D eigenvalue weighted by molar-refractivity contribution is -0.112. The molecule has 6 rings (SSSR count). The lowest BCUT2D eigenvalue weighted by Crippen LogP contribution is -2.13. The Bertz CT molecular complexity index is 2510. The number of methoxy groups -OCH3 is 2. The van der Waals surface area contributed by atoms with Crippen molar-refractivity contribution in [1.82, 2.24) is 9.97 Å². The molecule has 0 unspecified atom stereocenters. The monoisotopic (exact) mass is 830 g/mol. The Morgan fingerprint density at radius 1 is 0.625 bits per heavy atom. The van der Waals surface area contributed by atoms with Crippen LogP contribution in [0.1, 0.15) is 11.1 Å². The van der Waals surface area contributed by atoms with Crippen LogP contribution in [-0.2, 0) is 29.6 Å². The number of carbonyl (C=O) groups excluding carboxylic acids is 2. The summed E-state index contributed by atoms with van der Waals surface area (Å²) < 4.78 is 64.3. The third kappa shape index (κ3) is 12.1. The number of benzene rings is 4. The smallest absolute Gasteiger partial charge is 0.263 e. The fourth-order valence-electron chi connectivity index (χ4n) is 4.58. The van der Waals surface area contributed by atoms with Gasteiger partial charge in [0.15, 0.2) is 10.3 Å². The van der Waals surface area contributed by atoms with E-state index in [9.17, 15) is 26.4 Å². The Balaban J connectivity index is 0.000000214. The Morgan fingerprint density at radius 3 is 1.62 bits per heavy atom. The molecule has 288 valence electrons. The van der Waals surface area contributed by atoms with Crippen molar-refractivity contribution in [3.8, 4) is 11.5 Å². The summed E-state index contributed by atoms with van der Waals surface area (Å²) >= 11 is 2.38. The number of thiazole rings is 2. The zero-order valence-electron chi connectivity index (χ0n) is 29.6. The number of nitrogens with one attached hydrogen (secondary N) is 4. The molecule has 56 heavy (non-hydrogen) atoms. The fourth-order valence-corrected chi connectivity index (χ4v) is 8.16. The molecule has 0 bridgehead atoms. The number of rotatable bonds is 14. The highest BCUT2D eigenvalue weighted by molar-refractivity contribution is 7.93. The molecule has 2 aromatic heterocycles. The van der Waals surface area contributed by atoms with Gasteiger partial charge in [0.2, 0.25) is 11.8 Å². The molecule has 0 aliphatic rings. The molecular weight excluding hydrogens is 797 g/mol. The van der Waals surface area contributed by atoms with E-state index in [0.717, 1.165) is 11.1 Å². The molecule has 2 heterocycles. The summed E-state index contributed by atoms with van der Waals surface area (Å²) in [6.07, 6.45) is 9.11. The Kier molecular flexibility index (Phi) is 14.1. The van der Waals surface area contributed by atoms with Crippen molar-refractivity contribution in [1.29, 1.82) is 0 Å². The normalized spacial score (nSPS) is 11.3. The second-order valence-corrected chi connectivity index (χ2v) is 16.3. The Labute approximate surface area is 331 Å². The highest BCUT2D eigenvalue weighted by Gasteiger charge is 2.16. The largest absolute Gasteiger partial charge is 0.497 e. The Morgan fingerprint density at radius 2 is 1.14 bits per heavy atom. The Hall–Kier alpha value is -6.34. The number of sulfonamides is 2. The van der Waals surface area contributed by atoms with Crippen molar-refractivity contribution in [3.05, 3.63) is 143 Å². The van der Waals surface area contributed by atoms with Crippen molar-refractivity contribution in [2.45, 2.75) is 9.79 Å². The fraction of sp³-hybridized carbons (Fsp3) is 0.0526. The first-order chi connectivity index (χ1) is 26.9. The maximum Gasteiger partial charge on any atom is 0.263 e. The van der Waals surface area contributed by atoms with Crippen molar-refractivity contribution in [2.75, 3.05) is 34.3 Å². The van der Waals surface area contributed by atoms with Crippen LogP contribution in [-0.4, -0.2) is 52.8 Å². The average Bonchev–Trinajstić information content (AvgIpc) is 3.91. The predicted molar refractivity (Wildman–Crippen MR) is 220 cm³/mol. The number of ether oxygens (including phenoxy) is 2. The van der Waals surface area contributed by atoms with Gasteiger partial charge < -0.3 is 20.1 Å². The van der Waals surface area contributed by atoms with E-state index >= 15 is 0 Å². The molecule has 14 nitrogen and oxygen atoms in total. The number of anilines is 4. The maximum atomic E-state index is 12.3. The minimum Gasteiger partial charge on any atom is -0.497 e. The maximum absolute atomic E-state index is 12.3. The second-order valence-electron chi connectivity index (χ2n) is 11.1. The number of carbonyl (C=O) groups is 2. The van der Waals surface area contributed by atoms with Crippen LogP contribution in [0.25, 0.3) is 12.2 Å². The van der Waals surface area contributed by atoms with Gasteiger partial charge in [-0.25, -0.2) is 26.8 Å². The molecule has 0 radical (unpaired) electrons. The van der Waals surface area contributed by atoms with Gasteiger partial charge in [-0.15, -0.1) is 22.7 Å². The van der Waals surface area contributed by atoms with Crippen LogP contribution in [0.4, 0.5) is 21.6 Å². The van der Waals surface area contributed by atoms with Crippen LogP contribution < -0.4 is 29.6 Å². The summed E-state index contributed by atoms with van der Waals surface area (Å²) in [7, 11) is -4.31. The van der Waals surface area contributed by atoms with E-state index in [1.54, 1.807) is 49.3 Å². The van der Waals surface area contributed by atoms with E-state index < -0.39 is 20.0 Å². The standard InChI is InChI=1S/2C19H17N3O4S2/c1-26-16-4-2-3-14(13-16)5-10-18(23)21-15-6-8-17(9-7-15)28(24,25)22-19-20-11-12-27-19;1-26-17-5-3-2-4-14(17)6-11-18(23)21-15-7-9-16(10-8-15)28(24,25)22-19-20-12-13-27-19/h2*2-13H,1H3,(H,20,22)(H,21,23)/b10-5+;11-6+. The molecule has 6 aromatic rings. The molecule has 0 saturated heterocycles. The molecule has 4 N–H and O–H groups in total. The number of hydrogen-bond acceptors (Lipinski definition) is 12. The first-order valence-corrected chi connectivity index (χ1v) is 21.0. The number of aromatic nitrogens is 2. The molecule has 0 atom stereocenters. The third-order valence-corrected chi connectivity index (χ3v) is 11.6. The molecule has 0 spiro atoms. The molecule has 4 aromatic carbocycles. The van der Waals surface area contributed by atoms with Crippen molar-refractivity contribution in [2.24, 2.45) is 0 Å². The van der Waals surface area contributed by atoms with Crippen LogP contribution in [0.5, 0.6) is 11.5 Å². The SMILES string of the molecule is COc1cccc(/C=C/C(=O)Nc2ccc(S(=O)(=O)Nc3nccs3)cc2)c1.COc1ccccc1/C=C/C(=O)Nc1ccc(S(=O)(=O)Nc2nccs2)cc1. The van der Waals surface area contributed by atoms with Crippen molar-refractivity contribution >= 4 is 88.3 Å². The molecule has 2 amide bonds. The van der Waals surface area contributed by atoms with Crippen LogP contribution in [0.2, 0.25) is 0 Å². The summed E-state index contributed by atoms with van der Waals surface area (Å²) in [5.41, 5.74) is 2.55. The zero-order valence-corrected chi connectivity index (χ0v) is 32.9. The summed E-state index contributed by atoms with van der Waals surface area (Å²) in [5, 5.41) is 9.30. The minimum absolute atomic E-state index is 0.0743. The van der Waals surface area contributed by atoms with E-state index in [2.05, 4.69) is 30.0 Å². The molecule has 0 aliphatic heterocycles. The van der Waals surface area contributed by atoms with E-state index in [1.807, 2.05) is 36.4 Å². The zero-order chi connectivity index (χ0) is 40.0. The van der Waals surface area contributed by atoms with Gasteiger partial charge in [0.1, 0.15) is 11.5 Å². The number of para-hydroxylation sites is 1. The van der Waals surface area contributed by atoms with Gasteiger partial charge >= 0.3 is 0 Å². The third-order valence-electron chi connectivity index (χ3n) is 7.25. The quantitative estimate of drug-likeness (QED) is 0.0815. The predicted octanol–water partition coefficient (Wildman–Crippen LogP) is 7.21. The number of hydrogen-bond donors (Lipinski definition) is 4. The molecule has 0 saturated carbocycles. The van der Waals surface area contributed by atoms with Crippen molar-refractivity contribution < 1.29 is 35.9 Å². The second kappa shape index (κ2) is 19.3. The lowest BCUT2D eigenvalue weighted by Gasteiger charge is -2.07. The van der Waals surface area contributed by atoms with Crippen LogP contribution >= 0.6 is 22.7 Å². The first-order valence-electron chi connectivity index (χ1n) is 16.2. The topological polar surface area (TPSA) is 195 Å². The molecular formula is C38H34N6O8S4. The number of amides is 2. The van der Waals surface area contributed by atoms with Gasteiger partial charge in [-0.2, -0.15) is 0 Å². The van der Waals surface area contributed by atoms with Gasteiger partial charge in [0, 0.05) is 52.2 Å². The summed E-state index contributed by atoms with van der Waals surface area (Å²) in [6, 6.07) is 26.4. The van der Waals surface area contributed by atoms with Gasteiger partial charge in [-0.1, -0.05) is 30.3 Å². The highest BCUT2D eigenvalue weighted by Crippen LogP contribution is 2.22. The average molecular weight is 831 g/mol. The number of nitrogens with zero attached hydrogens (tertiary/aromatic N) is 2. The van der Waals surface area contributed by atoms with Gasteiger partial charge in [-0.05, 0) is 84.4 Å². The van der Waals surface area contributed by atoms with Gasteiger partial charge in [-0.3, -0.25) is 19.0 Å². The van der Waals surface area contributed by atoms with E-state index in [1.165, 1.54) is 95.8 Å². The van der Waals surface area contributed by atoms with E-state index in [4.69, 9.17) is 9.47 Å². The molecule has 18 heteroatoms. The highest BCUT2D eigenvalue weighted by atomic mass is 32.2. The van der Waals surface area contributed by atoms with Crippen LogP contribution in [0.15, 0.2) is 142 Å². The van der Waals surface area contributed by atoms with Crippen molar-refractivity contribution in [3.63, 3.8) is 0 Å². The van der Waals surface area contributed by atoms with Crippen LogP contribution in [0.3, 0.4) is 0 Å². The lowest BCUT2D eigenvalue weighted by atomic mass is 10.2. The van der Waals surface area contributed by atoms with Crippen LogP contribution in [0, 0.1) is 0 Å². The van der Waals surface area contributed by atoms with Gasteiger partial charge in [0.05, 0.1) is 24.0 Å². The van der Waals surface area contributed by atoms with E-state index in [-0.39, 0.29) is 21.6 Å². The van der Waals surface area contributed by atoms with E-state index in [0.29, 0.717) is 33.1 Å². The molecule has 0 fully saturated rings. The van der Waals surface area contributed by atoms with Gasteiger partial charge in [0.25, 0.3) is 20.0 Å². The molecule has 0 aliphatic carbocycles. The summed E-state index contributed by atoms with van der Waals surface area (Å²) in [6.45, 7) is 0. The summed E-state index contributed by atoms with van der Waals surface area (Å²) in [4.78, 5) is 32.1. The summed E-state index contributed by atoms with van der Waals surface area (Å²) in [5.74, 6) is 0.682. The first kappa shape index (κ1) is 40.8. The minimum atomic E-state index is -3.73.